The van der Waals surface area contributed by atoms with Gasteiger partial charge >= 0.3 is 0 Å². The highest BCUT2D eigenvalue weighted by atomic mass is 16.5. The summed E-state index contributed by atoms with van der Waals surface area (Å²) in [7, 11) is 0. The van der Waals surface area contributed by atoms with Gasteiger partial charge in [-0.3, -0.25) is 10.2 Å². The molecule has 1 aliphatic heterocycles. The lowest BCUT2D eigenvalue weighted by atomic mass is 9.82. The van der Waals surface area contributed by atoms with Gasteiger partial charge in [0.05, 0.1) is 5.56 Å². The number of carbonyl (C=O) groups is 1. The number of nitrogens with two attached hydrogens (primary N) is 1. The Morgan fingerprint density at radius 2 is 2.05 bits per heavy atom. The summed E-state index contributed by atoms with van der Waals surface area (Å²) in [6.07, 6.45) is 1.33. The molecule has 0 amide bonds. The number of nitrogen functional groups attached to an aromatic ring is 1. The van der Waals surface area contributed by atoms with E-state index in [1.807, 2.05) is 30.3 Å². The smallest absolute Gasteiger partial charge is 0.228 e. The van der Waals surface area contributed by atoms with E-state index in [2.05, 4.69) is 4.98 Å². The molecule has 3 N–H and O–H groups in total. The molecule has 0 saturated heterocycles. The van der Waals surface area contributed by atoms with Gasteiger partial charge in [0.2, 0.25) is 5.88 Å². The highest BCUT2D eigenvalue weighted by molar-refractivity contribution is 5.96. The lowest BCUT2D eigenvalue weighted by Crippen LogP contribution is -2.35. The molecule has 0 radical (unpaired) electrons. The second kappa shape index (κ2) is 5.14. The number of carbonyl (C=O) groups excluding carboxylic acids is 1. The maximum absolute atomic E-state index is 12.1. The van der Waals surface area contributed by atoms with E-state index in [9.17, 15) is 4.79 Å². The van der Waals surface area contributed by atoms with Crippen LogP contribution in [0.15, 0.2) is 48.0 Å². The Morgan fingerprint density at radius 3 is 2.68 bits per heavy atom. The number of benzene rings is 1. The minimum atomic E-state index is -0.404. The molecule has 0 aliphatic carbocycles. The Morgan fingerprint density at radius 1 is 1.36 bits per heavy atom. The summed E-state index contributed by atoms with van der Waals surface area (Å²) in [5.41, 5.74) is 2.01. The second-order valence-corrected chi connectivity index (χ2v) is 5.19. The van der Waals surface area contributed by atoms with Crippen molar-refractivity contribution < 1.29 is 9.53 Å². The zero-order chi connectivity index (χ0) is 15.9. The number of fused-ring (bicyclic) bond motifs is 1. The molecule has 2 heterocycles. The van der Waals surface area contributed by atoms with Crippen LogP contribution in [0.5, 0.6) is 5.88 Å². The third-order valence-electron chi connectivity index (χ3n) is 3.76. The minimum absolute atomic E-state index is 0.0742. The number of ether oxygens (including phenoxy) is 1. The van der Waals surface area contributed by atoms with Gasteiger partial charge in [-0.15, -0.1) is 0 Å². The van der Waals surface area contributed by atoms with Crippen molar-refractivity contribution in [1.29, 1.82) is 5.41 Å². The first-order valence-electron chi connectivity index (χ1n) is 6.86. The molecule has 1 aromatic carbocycles. The van der Waals surface area contributed by atoms with Crippen LogP contribution in [0.4, 0.5) is 0 Å². The first-order valence-corrected chi connectivity index (χ1v) is 6.86. The van der Waals surface area contributed by atoms with Crippen molar-refractivity contribution in [3.63, 3.8) is 0 Å². The molecule has 0 spiro atoms. The molecular formula is C16H16N4O2. The molecule has 2 aromatic rings. The Kier molecular flexibility index (Phi) is 3.29. The van der Waals surface area contributed by atoms with E-state index >= 15 is 0 Å². The molecule has 1 atom stereocenters. The Labute approximate surface area is 127 Å². The van der Waals surface area contributed by atoms with E-state index in [0.29, 0.717) is 22.8 Å². The summed E-state index contributed by atoms with van der Waals surface area (Å²) in [6.45, 7) is 3.24. The Bertz CT molecular complexity index is 837. The standard InChI is InChI=1S/C16H16N4O2/c1-9(21)12-10(2)22-16-14(15(17)20(18)8-19-16)13(12)11-6-4-3-5-7-11/h3-8,13,17H,18H2,1-2H3. The van der Waals surface area contributed by atoms with E-state index in [-0.39, 0.29) is 11.3 Å². The maximum atomic E-state index is 12.1. The Hall–Kier alpha value is -2.89. The average Bonchev–Trinajstić information content (AvgIpc) is 2.50. The van der Waals surface area contributed by atoms with Crippen LogP contribution in [0, 0.1) is 5.41 Å². The van der Waals surface area contributed by atoms with E-state index in [1.165, 1.54) is 13.3 Å². The molecule has 3 rings (SSSR count). The van der Waals surface area contributed by atoms with E-state index in [4.69, 9.17) is 16.0 Å². The van der Waals surface area contributed by atoms with Gasteiger partial charge in [-0.2, -0.15) is 0 Å². The van der Waals surface area contributed by atoms with Crippen LogP contribution >= 0.6 is 0 Å². The third-order valence-corrected chi connectivity index (χ3v) is 3.76. The van der Waals surface area contributed by atoms with Gasteiger partial charge in [-0.25, -0.2) is 9.66 Å². The van der Waals surface area contributed by atoms with Crippen LogP contribution in [0.2, 0.25) is 0 Å². The van der Waals surface area contributed by atoms with Crippen LogP contribution in [0.3, 0.4) is 0 Å². The number of aromatic nitrogens is 2. The van der Waals surface area contributed by atoms with Crippen molar-refractivity contribution in [2.75, 3.05) is 5.84 Å². The molecule has 0 fully saturated rings. The topological polar surface area (TPSA) is 94.0 Å². The summed E-state index contributed by atoms with van der Waals surface area (Å²) in [4.78, 5) is 16.3. The molecule has 0 saturated carbocycles. The predicted octanol–water partition coefficient (Wildman–Crippen LogP) is 1.46. The zero-order valence-corrected chi connectivity index (χ0v) is 12.3. The number of hydrogen-bond donors (Lipinski definition) is 2. The summed E-state index contributed by atoms with van der Waals surface area (Å²) in [6, 6.07) is 9.54. The predicted molar refractivity (Wildman–Crippen MR) is 80.5 cm³/mol. The van der Waals surface area contributed by atoms with Gasteiger partial charge in [-0.05, 0) is 19.4 Å². The third kappa shape index (κ3) is 2.09. The molecule has 0 bridgehead atoms. The van der Waals surface area contributed by atoms with Gasteiger partial charge in [-0.1, -0.05) is 30.3 Å². The fourth-order valence-corrected chi connectivity index (χ4v) is 2.80. The minimum Gasteiger partial charge on any atom is -0.443 e. The number of nitrogens with one attached hydrogen (secondary N) is 1. The number of ketones is 1. The lowest BCUT2D eigenvalue weighted by Gasteiger charge is -2.28. The lowest BCUT2D eigenvalue weighted by molar-refractivity contribution is -0.114. The molecule has 6 nitrogen and oxygen atoms in total. The maximum Gasteiger partial charge on any atom is 0.228 e. The number of rotatable bonds is 2. The molecule has 1 aromatic heterocycles. The SMILES string of the molecule is CC(=O)C1=C(C)Oc2ncn(N)c(=N)c2C1c1ccccc1. The molecule has 22 heavy (non-hydrogen) atoms. The van der Waals surface area contributed by atoms with Crippen molar-refractivity contribution in [2.45, 2.75) is 19.8 Å². The molecule has 1 unspecified atom stereocenters. The largest absolute Gasteiger partial charge is 0.443 e. The molecule has 1 aliphatic rings. The van der Waals surface area contributed by atoms with E-state index in [0.717, 1.165) is 10.2 Å². The van der Waals surface area contributed by atoms with Gasteiger partial charge in [0.1, 0.15) is 12.1 Å². The normalized spacial score (nSPS) is 16.9. The zero-order valence-electron chi connectivity index (χ0n) is 12.3. The monoisotopic (exact) mass is 296 g/mol. The average molecular weight is 296 g/mol. The van der Waals surface area contributed by atoms with Gasteiger partial charge < -0.3 is 10.6 Å². The van der Waals surface area contributed by atoms with Crippen LogP contribution < -0.4 is 16.1 Å². The number of nitrogens with zero attached hydrogens (tertiary/aromatic N) is 2. The van der Waals surface area contributed by atoms with Crippen molar-refractivity contribution in [1.82, 2.24) is 9.66 Å². The van der Waals surface area contributed by atoms with E-state index in [1.54, 1.807) is 6.92 Å². The summed E-state index contributed by atoms with van der Waals surface area (Å²) < 4.78 is 6.77. The summed E-state index contributed by atoms with van der Waals surface area (Å²) >= 11 is 0. The number of allylic oxidation sites excluding steroid dienone is 2. The Balaban J connectivity index is 2.34. The first kappa shape index (κ1) is 14.1. The van der Waals surface area contributed by atoms with Crippen molar-refractivity contribution in [3.8, 4) is 5.88 Å². The van der Waals surface area contributed by atoms with Gasteiger partial charge in [0, 0.05) is 11.5 Å². The van der Waals surface area contributed by atoms with Crippen molar-refractivity contribution in [3.05, 3.63) is 64.6 Å². The number of Topliss-reactive ketones (excluding diaryl/α,β-unsaturated/α-hetero) is 1. The quantitative estimate of drug-likeness (QED) is 0.820. The second-order valence-electron chi connectivity index (χ2n) is 5.19. The van der Waals surface area contributed by atoms with Gasteiger partial charge in [0.15, 0.2) is 11.3 Å². The van der Waals surface area contributed by atoms with Crippen LogP contribution in [0.25, 0.3) is 0 Å². The molecule has 112 valence electrons. The highest BCUT2D eigenvalue weighted by Crippen LogP contribution is 2.40. The molecule has 6 heteroatoms. The van der Waals surface area contributed by atoms with Crippen molar-refractivity contribution in [2.24, 2.45) is 0 Å². The molecular weight excluding hydrogens is 280 g/mol. The first-order chi connectivity index (χ1) is 10.5. The summed E-state index contributed by atoms with van der Waals surface area (Å²) in [5, 5.41) is 8.23. The highest BCUT2D eigenvalue weighted by Gasteiger charge is 2.34. The van der Waals surface area contributed by atoms with Crippen LogP contribution in [-0.2, 0) is 4.79 Å². The fraction of sp³-hybridized carbons (Fsp3) is 0.188. The van der Waals surface area contributed by atoms with E-state index < -0.39 is 5.92 Å². The number of hydrogen-bond acceptors (Lipinski definition) is 5. The van der Waals surface area contributed by atoms with Crippen LogP contribution in [-0.4, -0.2) is 15.4 Å². The van der Waals surface area contributed by atoms with Crippen molar-refractivity contribution >= 4 is 5.78 Å². The fourth-order valence-electron chi connectivity index (χ4n) is 2.80. The summed E-state index contributed by atoms with van der Waals surface area (Å²) in [5.74, 6) is 6.08. The van der Waals surface area contributed by atoms with Gasteiger partial charge in [0.25, 0.3) is 0 Å². The van der Waals surface area contributed by atoms with Crippen LogP contribution in [0.1, 0.15) is 30.9 Å².